The van der Waals surface area contributed by atoms with Gasteiger partial charge in [0.25, 0.3) is 5.91 Å². The first kappa shape index (κ1) is 16.0. The third-order valence-electron chi connectivity index (χ3n) is 3.22. The average molecular weight is 389 g/mol. The molecule has 0 fully saturated rings. The molecule has 1 amide bonds. The van der Waals surface area contributed by atoms with Crippen LogP contribution in [0.15, 0.2) is 53.4 Å². The minimum absolute atomic E-state index is 0.0817. The highest BCUT2D eigenvalue weighted by molar-refractivity contribution is 9.10. The van der Waals surface area contributed by atoms with Crippen molar-refractivity contribution in [3.05, 3.63) is 76.0 Å². The average Bonchev–Trinajstić information content (AvgIpc) is 3.05. The van der Waals surface area contributed by atoms with Gasteiger partial charge in [0.05, 0.1) is 23.6 Å². The topological polar surface area (TPSA) is 87.7 Å². The normalized spacial score (nSPS) is 10.4. The second-order valence-electron chi connectivity index (χ2n) is 4.81. The third kappa shape index (κ3) is 3.23. The highest BCUT2D eigenvalue weighted by Crippen LogP contribution is 2.23. The van der Waals surface area contributed by atoms with Crippen molar-refractivity contribution < 1.29 is 14.0 Å². The van der Waals surface area contributed by atoms with Crippen LogP contribution >= 0.6 is 15.9 Å². The molecule has 120 valence electrons. The first-order chi connectivity index (χ1) is 11.6. The van der Waals surface area contributed by atoms with Crippen molar-refractivity contribution >= 4 is 33.3 Å². The van der Waals surface area contributed by atoms with E-state index < -0.39 is 17.5 Å². The van der Waals surface area contributed by atoms with Gasteiger partial charge in [0.1, 0.15) is 11.5 Å². The predicted molar refractivity (Wildman–Crippen MR) is 88.3 cm³/mol. The Kier molecular flexibility index (Phi) is 4.48. The lowest BCUT2D eigenvalue weighted by Gasteiger charge is -2.03. The van der Waals surface area contributed by atoms with E-state index in [1.54, 1.807) is 12.1 Å². The van der Waals surface area contributed by atoms with Gasteiger partial charge in [-0.25, -0.2) is 4.39 Å². The molecule has 0 aliphatic rings. The fourth-order valence-corrected chi connectivity index (χ4v) is 2.60. The summed E-state index contributed by atoms with van der Waals surface area (Å²) in [6.07, 6.45) is 4.19. The van der Waals surface area contributed by atoms with E-state index in [2.05, 4.69) is 36.4 Å². The lowest BCUT2D eigenvalue weighted by Crippen LogP contribution is -2.12. The number of anilines is 1. The Morgan fingerprint density at radius 3 is 2.75 bits per heavy atom. The molecule has 6 nitrogen and oxygen atoms in total. The van der Waals surface area contributed by atoms with Crippen LogP contribution in [0, 0.1) is 5.82 Å². The lowest BCUT2D eigenvalue weighted by atomic mass is 10.1. The van der Waals surface area contributed by atoms with Gasteiger partial charge in [0.2, 0.25) is 0 Å². The van der Waals surface area contributed by atoms with Gasteiger partial charge < -0.3 is 10.3 Å². The first-order valence-corrected chi connectivity index (χ1v) is 7.61. The van der Waals surface area contributed by atoms with Crippen molar-refractivity contribution in [2.45, 2.75) is 0 Å². The molecule has 0 radical (unpaired) electrons. The van der Waals surface area contributed by atoms with Crippen molar-refractivity contribution in [2.75, 3.05) is 5.32 Å². The van der Waals surface area contributed by atoms with Crippen LogP contribution in [0.4, 0.5) is 10.1 Å². The molecule has 2 aromatic heterocycles. The Morgan fingerprint density at radius 1 is 1.21 bits per heavy atom. The number of H-pyrrole nitrogens is 1. The molecule has 0 saturated heterocycles. The van der Waals surface area contributed by atoms with E-state index in [-0.39, 0.29) is 16.8 Å². The molecule has 2 heterocycles. The summed E-state index contributed by atoms with van der Waals surface area (Å²) in [6.45, 7) is 0. The molecule has 0 aliphatic heterocycles. The van der Waals surface area contributed by atoms with Crippen LogP contribution in [0.25, 0.3) is 0 Å². The zero-order valence-corrected chi connectivity index (χ0v) is 13.7. The Labute approximate surface area is 144 Å². The molecule has 0 spiro atoms. The molecule has 0 bridgehead atoms. The Balaban J connectivity index is 1.83. The molecule has 3 rings (SSSR count). The summed E-state index contributed by atoms with van der Waals surface area (Å²) in [5, 5.41) is 9.86. The number of rotatable bonds is 4. The van der Waals surface area contributed by atoms with Crippen molar-refractivity contribution in [3.8, 4) is 0 Å². The lowest BCUT2D eigenvalue weighted by molar-refractivity contribution is 0.102. The number of aromatic nitrogens is 3. The summed E-state index contributed by atoms with van der Waals surface area (Å²) in [7, 11) is 0. The molecule has 0 atom stereocenters. The summed E-state index contributed by atoms with van der Waals surface area (Å²) < 4.78 is 14.2. The van der Waals surface area contributed by atoms with E-state index in [4.69, 9.17) is 0 Å². The monoisotopic (exact) mass is 388 g/mol. The van der Waals surface area contributed by atoms with Gasteiger partial charge >= 0.3 is 0 Å². The van der Waals surface area contributed by atoms with Gasteiger partial charge in [-0.2, -0.15) is 10.2 Å². The smallest absolute Gasteiger partial charge is 0.272 e. The molecule has 1 aromatic carbocycles. The number of nitrogens with zero attached hydrogens (tertiary/aromatic N) is 2. The Bertz CT molecular complexity index is 891. The van der Waals surface area contributed by atoms with E-state index in [9.17, 15) is 14.0 Å². The predicted octanol–water partition coefficient (Wildman–Crippen LogP) is 3.19. The molecule has 0 saturated carbocycles. The highest BCUT2D eigenvalue weighted by Gasteiger charge is 2.20. The molecular formula is C16H10BrFN4O2. The van der Waals surface area contributed by atoms with Gasteiger partial charge in [-0.3, -0.25) is 9.59 Å². The number of halogens is 2. The third-order valence-corrected chi connectivity index (χ3v) is 3.88. The summed E-state index contributed by atoms with van der Waals surface area (Å²) in [4.78, 5) is 27.3. The van der Waals surface area contributed by atoms with Crippen molar-refractivity contribution in [1.29, 1.82) is 0 Å². The van der Waals surface area contributed by atoms with Gasteiger partial charge in [0.15, 0.2) is 5.78 Å². The molecule has 8 heteroatoms. The quantitative estimate of drug-likeness (QED) is 0.671. The number of carbonyl (C=O) groups is 2. The summed E-state index contributed by atoms with van der Waals surface area (Å²) >= 11 is 3.16. The van der Waals surface area contributed by atoms with E-state index in [1.165, 1.54) is 36.8 Å². The second-order valence-corrected chi connectivity index (χ2v) is 5.67. The maximum atomic E-state index is 13.9. The highest BCUT2D eigenvalue weighted by atomic mass is 79.9. The van der Waals surface area contributed by atoms with Crippen molar-refractivity contribution in [2.24, 2.45) is 0 Å². The van der Waals surface area contributed by atoms with E-state index in [0.717, 1.165) is 0 Å². The van der Waals surface area contributed by atoms with Crippen LogP contribution < -0.4 is 5.32 Å². The summed E-state index contributed by atoms with van der Waals surface area (Å²) in [5.74, 6) is -1.61. The van der Waals surface area contributed by atoms with Crippen LogP contribution in [-0.2, 0) is 0 Å². The number of amides is 1. The zero-order valence-electron chi connectivity index (χ0n) is 12.1. The number of hydrogen-bond acceptors (Lipinski definition) is 4. The molecule has 3 aromatic rings. The fourth-order valence-electron chi connectivity index (χ4n) is 2.08. The van der Waals surface area contributed by atoms with E-state index in [1.807, 2.05) is 0 Å². The zero-order chi connectivity index (χ0) is 17.1. The minimum atomic E-state index is -0.635. The van der Waals surface area contributed by atoms with Crippen LogP contribution in [-0.4, -0.2) is 26.9 Å². The maximum absolute atomic E-state index is 13.9. The Hall–Kier alpha value is -2.87. The van der Waals surface area contributed by atoms with Gasteiger partial charge in [-0.15, -0.1) is 0 Å². The van der Waals surface area contributed by atoms with Crippen LogP contribution in [0.3, 0.4) is 0 Å². The molecule has 0 aliphatic carbocycles. The molecular weight excluding hydrogens is 379 g/mol. The largest absolute Gasteiger partial charge is 0.356 e. The number of carbonyl (C=O) groups excluding carboxylic acids is 2. The molecule has 24 heavy (non-hydrogen) atoms. The van der Waals surface area contributed by atoms with Gasteiger partial charge in [-0.05, 0) is 40.2 Å². The number of hydrogen-bond donors (Lipinski definition) is 2. The molecule has 0 unspecified atom stereocenters. The van der Waals surface area contributed by atoms with Crippen LogP contribution in [0.2, 0.25) is 0 Å². The SMILES string of the molecule is O=C(Nc1ccnnc1)c1cc(C(=O)c2c(F)cccc2Br)c[nH]1. The standard InChI is InChI=1S/C16H10BrFN4O2/c17-11-2-1-3-12(18)14(11)15(23)9-6-13(19-7-9)16(24)22-10-4-5-20-21-8-10/h1-8,19H,(H,20,22,24). The maximum Gasteiger partial charge on any atom is 0.272 e. The summed E-state index contributed by atoms with van der Waals surface area (Å²) in [5.41, 5.74) is 0.734. The van der Waals surface area contributed by atoms with E-state index >= 15 is 0 Å². The van der Waals surface area contributed by atoms with Crippen LogP contribution in [0.1, 0.15) is 26.4 Å². The van der Waals surface area contributed by atoms with E-state index in [0.29, 0.717) is 10.2 Å². The Morgan fingerprint density at radius 2 is 2.04 bits per heavy atom. The summed E-state index contributed by atoms with van der Waals surface area (Å²) in [6, 6.07) is 7.22. The first-order valence-electron chi connectivity index (χ1n) is 6.81. The second kappa shape index (κ2) is 6.71. The number of aromatic amines is 1. The van der Waals surface area contributed by atoms with Crippen LogP contribution in [0.5, 0.6) is 0 Å². The van der Waals surface area contributed by atoms with Gasteiger partial charge in [0, 0.05) is 16.2 Å². The number of ketones is 1. The number of benzene rings is 1. The van der Waals surface area contributed by atoms with Gasteiger partial charge in [-0.1, -0.05) is 6.07 Å². The fraction of sp³-hybridized carbons (Fsp3) is 0. The van der Waals surface area contributed by atoms with Crippen molar-refractivity contribution in [3.63, 3.8) is 0 Å². The molecule has 2 N–H and O–H groups in total. The number of nitrogens with one attached hydrogen (secondary N) is 2. The van der Waals surface area contributed by atoms with Crippen molar-refractivity contribution in [1.82, 2.24) is 15.2 Å². The minimum Gasteiger partial charge on any atom is -0.356 e.